The second-order valence-electron chi connectivity index (χ2n) is 5.85. The van der Waals surface area contributed by atoms with Crippen LogP contribution in [0.1, 0.15) is 12.0 Å². The first-order valence-electron chi connectivity index (χ1n) is 8.47. The van der Waals surface area contributed by atoms with Gasteiger partial charge < -0.3 is 10.1 Å². The Morgan fingerprint density at radius 2 is 2.04 bits per heavy atom. The lowest BCUT2D eigenvalue weighted by Crippen LogP contribution is -2.12. The van der Waals surface area contributed by atoms with Crippen molar-refractivity contribution in [2.45, 2.75) is 18.2 Å². The minimum Gasteiger partial charge on any atom is -0.455 e. The molecule has 1 aromatic heterocycles. The number of ether oxygens (including phenoxy) is 1. The quantitative estimate of drug-likeness (QED) is 0.553. The maximum Gasteiger partial charge on any atom is 0.225 e. The molecule has 0 radical (unpaired) electrons. The van der Waals surface area contributed by atoms with Crippen LogP contribution in [-0.2, 0) is 4.79 Å². The van der Waals surface area contributed by atoms with E-state index in [1.807, 2.05) is 25.1 Å². The van der Waals surface area contributed by atoms with Crippen LogP contribution in [0, 0.1) is 12.7 Å². The normalized spacial score (nSPS) is 10.4. The topological polar surface area (TPSA) is 51.2 Å². The summed E-state index contributed by atoms with van der Waals surface area (Å²) in [6, 6.07) is 15.6. The number of halogens is 1. The molecule has 0 atom stereocenters. The first kappa shape index (κ1) is 18.9. The molecule has 0 aliphatic carbocycles. The van der Waals surface area contributed by atoms with E-state index in [2.05, 4.69) is 10.3 Å². The second kappa shape index (κ2) is 9.19. The number of aromatic nitrogens is 1. The van der Waals surface area contributed by atoms with E-state index in [-0.39, 0.29) is 11.7 Å². The number of nitrogens with one attached hydrogen (secondary N) is 1. The van der Waals surface area contributed by atoms with E-state index >= 15 is 0 Å². The monoisotopic (exact) mass is 382 g/mol. The second-order valence-corrected chi connectivity index (χ2v) is 6.98. The first-order valence-corrected chi connectivity index (χ1v) is 9.46. The Morgan fingerprint density at radius 1 is 1.19 bits per heavy atom. The van der Waals surface area contributed by atoms with Gasteiger partial charge in [0.25, 0.3) is 0 Å². The van der Waals surface area contributed by atoms with Gasteiger partial charge in [-0.3, -0.25) is 9.78 Å². The fraction of sp³-hybridized carbons (Fsp3) is 0.143. The molecule has 0 saturated carbocycles. The van der Waals surface area contributed by atoms with Gasteiger partial charge in [0, 0.05) is 29.0 Å². The highest BCUT2D eigenvalue weighted by Gasteiger charge is 2.08. The van der Waals surface area contributed by atoms with E-state index < -0.39 is 0 Å². The molecule has 2 aromatic carbocycles. The summed E-state index contributed by atoms with van der Waals surface area (Å²) in [5.41, 5.74) is 1.60. The minimum absolute atomic E-state index is 0.112. The molecular formula is C21H19FN2O2S. The maximum absolute atomic E-state index is 13.6. The Hall–Kier alpha value is -2.86. The number of nitrogens with zero attached hydrogens (tertiary/aromatic N) is 1. The number of hydrogen-bond donors (Lipinski definition) is 1. The predicted molar refractivity (Wildman–Crippen MR) is 106 cm³/mol. The zero-order chi connectivity index (χ0) is 19.1. The van der Waals surface area contributed by atoms with Gasteiger partial charge in [0.05, 0.1) is 6.20 Å². The van der Waals surface area contributed by atoms with Gasteiger partial charge in [0.2, 0.25) is 5.91 Å². The van der Waals surface area contributed by atoms with Crippen molar-refractivity contribution >= 4 is 23.4 Å². The van der Waals surface area contributed by atoms with Crippen molar-refractivity contribution in [3.8, 4) is 11.5 Å². The molecule has 4 nitrogen and oxygen atoms in total. The van der Waals surface area contributed by atoms with Crippen LogP contribution in [0.25, 0.3) is 0 Å². The predicted octanol–water partition coefficient (Wildman–Crippen LogP) is 5.44. The molecule has 1 N–H and O–H groups in total. The van der Waals surface area contributed by atoms with Crippen LogP contribution in [-0.4, -0.2) is 16.6 Å². The van der Waals surface area contributed by atoms with Gasteiger partial charge in [-0.15, -0.1) is 11.8 Å². The van der Waals surface area contributed by atoms with Crippen LogP contribution >= 0.6 is 11.8 Å². The molecular weight excluding hydrogens is 363 g/mol. The summed E-state index contributed by atoms with van der Waals surface area (Å²) in [6.45, 7) is 1.91. The molecule has 0 unspecified atom stereocenters. The smallest absolute Gasteiger partial charge is 0.225 e. The summed E-state index contributed by atoms with van der Waals surface area (Å²) in [5, 5.41) is 2.86. The third-order valence-electron chi connectivity index (χ3n) is 3.74. The number of anilines is 1. The molecule has 0 saturated heterocycles. The standard InChI is InChI=1S/C21H19FN2O2S/c1-15-13-16(8-9-19(15)26-17-5-4-11-23-14-17)24-21(25)10-12-27-20-7-3-2-6-18(20)22/h2-9,11,13-14H,10,12H2,1H3,(H,24,25). The molecule has 138 valence electrons. The van der Waals surface area contributed by atoms with Crippen molar-refractivity contribution in [2.75, 3.05) is 11.1 Å². The number of amides is 1. The van der Waals surface area contributed by atoms with Gasteiger partial charge >= 0.3 is 0 Å². The lowest BCUT2D eigenvalue weighted by Gasteiger charge is -2.11. The molecule has 0 aliphatic heterocycles. The summed E-state index contributed by atoms with van der Waals surface area (Å²) in [4.78, 5) is 16.7. The van der Waals surface area contributed by atoms with Crippen LogP contribution in [0.4, 0.5) is 10.1 Å². The minimum atomic E-state index is -0.261. The van der Waals surface area contributed by atoms with Gasteiger partial charge in [-0.05, 0) is 55.0 Å². The zero-order valence-corrected chi connectivity index (χ0v) is 15.6. The van der Waals surface area contributed by atoms with Gasteiger partial charge in [-0.2, -0.15) is 0 Å². The molecule has 6 heteroatoms. The highest BCUT2D eigenvalue weighted by atomic mass is 32.2. The van der Waals surface area contributed by atoms with Crippen LogP contribution in [0.2, 0.25) is 0 Å². The number of benzene rings is 2. The zero-order valence-electron chi connectivity index (χ0n) is 14.8. The van der Waals surface area contributed by atoms with E-state index in [9.17, 15) is 9.18 Å². The fourth-order valence-corrected chi connectivity index (χ4v) is 3.30. The average Bonchev–Trinajstić information content (AvgIpc) is 2.66. The number of pyridine rings is 1. The molecule has 0 aliphatic rings. The molecule has 3 rings (SSSR count). The van der Waals surface area contributed by atoms with Crippen LogP contribution in [0.5, 0.6) is 11.5 Å². The number of thioether (sulfide) groups is 1. The number of carbonyl (C=O) groups is 1. The summed E-state index contributed by atoms with van der Waals surface area (Å²) >= 11 is 1.33. The van der Waals surface area contributed by atoms with Crippen LogP contribution in [0.3, 0.4) is 0 Å². The van der Waals surface area contributed by atoms with E-state index in [1.165, 1.54) is 17.8 Å². The maximum atomic E-state index is 13.6. The lowest BCUT2D eigenvalue weighted by molar-refractivity contribution is -0.115. The Morgan fingerprint density at radius 3 is 2.78 bits per heavy atom. The third kappa shape index (κ3) is 5.56. The lowest BCUT2D eigenvalue weighted by atomic mass is 10.2. The molecule has 3 aromatic rings. The van der Waals surface area contributed by atoms with Gasteiger partial charge in [0.15, 0.2) is 0 Å². The average molecular weight is 382 g/mol. The number of rotatable bonds is 7. The van der Waals surface area contributed by atoms with Crippen molar-refractivity contribution in [1.29, 1.82) is 0 Å². The van der Waals surface area contributed by atoms with Gasteiger partial charge in [-0.25, -0.2) is 4.39 Å². The number of hydrogen-bond acceptors (Lipinski definition) is 4. The largest absolute Gasteiger partial charge is 0.455 e. The molecule has 0 spiro atoms. The Labute approximate surface area is 161 Å². The van der Waals surface area contributed by atoms with E-state index in [0.717, 1.165) is 5.56 Å². The summed E-state index contributed by atoms with van der Waals surface area (Å²) in [7, 11) is 0. The van der Waals surface area contributed by atoms with Gasteiger partial charge in [-0.1, -0.05) is 12.1 Å². The van der Waals surface area contributed by atoms with Gasteiger partial charge in [0.1, 0.15) is 17.3 Å². The van der Waals surface area contributed by atoms with E-state index in [4.69, 9.17) is 4.74 Å². The van der Waals surface area contributed by atoms with Crippen LogP contribution < -0.4 is 10.1 Å². The Balaban J connectivity index is 1.52. The van der Waals surface area contributed by atoms with Crippen molar-refractivity contribution in [3.63, 3.8) is 0 Å². The summed E-state index contributed by atoms with van der Waals surface area (Å²) in [5.74, 6) is 1.49. The van der Waals surface area contributed by atoms with E-state index in [0.29, 0.717) is 34.3 Å². The van der Waals surface area contributed by atoms with Crippen molar-refractivity contribution in [1.82, 2.24) is 4.98 Å². The van der Waals surface area contributed by atoms with Crippen LogP contribution in [0.15, 0.2) is 71.9 Å². The fourth-order valence-electron chi connectivity index (χ4n) is 2.42. The third-order valence-corrected chi connectivity index (χ3v) is 4.79. The number of aryl methyl sites for hydroxylation is 1. The first-order chi connectivity index (χ1) is 13.1. The molecule has 27 heavy (non-hydrogen) atoms. The number of carbonyl (C=O) groups excluding carboxylic acids is 1. The van der Waals surface area contributed by atoms with Crippen molar-refractivity contribution in [3.05, 3.63) is 78.4 Å². The molecule has 1 heterocycles. The molecule has 1 amide bonds. The summed E-state index contributed by atoms with van der Waals surface area (Å²) < 4.78 is 19.3. The highest BCUT2D eigenvalue weighted by molar-refractivity contribution is 7.99. The SMILES string of the molecule is Cc1cc(NC(=O)CCSc2ccccc2F)ccc1Oc1cccnc1. The Bertz CT molecular complexity index is 919. The molecule has 0 fully saturated rings. The molecule has 0 bridgehead atoms. The van der Waals surface area contributed by atoms with E-state index in [1.54, 1.807) is 42.7 Å². The Kier molecular flexibility index (Phi) is 6.44. The van der Waals surface area contributed by atoms with Crippen molar-refractivity contribution < 1.29 is 13.9 Å². The van der Waals surface area contributed by atoms with Crippen molar-refractivity contribution in [2.24, 2.45) is 0 Å². The highest BCUT2D eigenvalue weighted by Crippen LogP contribution is 2.27. The summed E-state index contributed by atoms with van der Waals surface area (Å²) in [6.07, 6.45) is 3.62.